The van der Waals surface area contributed by atoms with Crippen LogP contribution in [0.3, 0.4) is 0 Å². The topological polar surface area (TPSA) is 44.5 Å². The Labute approximate surface area is 119 Å². The predicted molar refractivity (Wildman–Crippen MR) is 81.0 cm³/mol. The summed E-state index contributed by atoms with van der Waals surface area (Å²) in [6.45, 7) is 4.35. The fourth-order valence-electron chi connectivity index (χ4n) is 2.70. The molecule has 0 aliphatic carbocycles. The summed E-state index contributed by atoms with van der Waals surface area (Å²) in [7, 11) is 0. The Bertz CT molecular complexity index is 589. The first-order chi connectivity index (χ1) is 9.75. The van der Waals surface area contributed by atoms with Crippen molar-refractivity contribution >= 4 is 10.8 Å². The lowest BCUT2D eigenvalue weighted by Gasteiger charge is -2.18. The Morgan fingerprint density at radius 1 is 1.30 bits per heavy atom. The van der Waals surface area contributed by atoms with Crippen LogP contribution in [0.15, 0.2) is 36.4 Å². The van der Waals surface area contributed by atoms with Crippen molar-refractivity contribution in [1.29, 1.82) is 0 Å². The molecule has 3 rings (SSSR count). The Hall–Kier alpha value is -1.58. The van der Waals surface area contributed by atoms with Crippen molar-refractivity contribution in [3.8, 4) is 5.75 Å². The van der Waals surface area contributed by atoms with Gasteiger partial charge in [0.25, 0.3) is 0 Å². The van der Waals surface area contributed by atoms with E-state index >= 15 is 0 Å². The number of hydrogen-bond acceptors (Lipinski definition) is 3. The number of benzene rings is 2. The highest BCUT2D eigenvalue weighted by Gasteiger charge is 2.18. The van der Waals surface area contributed by atoms with Gasteiger partial charge in [0.15, 0.2) is 0 Å². The molecule has 2 atom stereocenters. The second kappa shape index (κ2) is 5.81. The lowest BCUT2D eigenvalue weighted by molar-refractivity contribution is 0.167. The van der Waals surface area contributed by atoms with Crippen molar-refractivity contribution in [2.75, 3.05) is 19.8 Å². The molecular weight excluding hydrogens is 250 g/mol. The lowest BCUT2D eigenvalue weighted by atomic mass is 10.0. The van der Waals surface area contributed by atoms with E-state index in [0.717, 1.165) is 36.3 Å². The Morgan fingerprint density at radius 3 is 2.90 bits per heavy atom. The molecule has 106 valence electrons. The minimum absolute atomic E-state index is 0.0329. The number of hydrogen-bond donors (Lipinski definition) is 1. The average molecular weight is 271 g/mol. The van der Waals surface area contributed by atoms with E-state index in [1.165, 1.54) is 5.39 Å². The predicted octanol–water partition coefficient (Wildman–Crippen LogP) is 3.27. The Kier molecular flexibility index (Phi) is 3.90. The maximum absolute atomic E-state index is 6.14. The molecule has 20 heavy (non-hydrogen) atoms. The van der Waals surface area contributed by atoms with E-state index in [0.29, 0.717) is 12.5 Å². The van der Waals surface area contributed by atoms with Crippen molar-refractivity contribution in [3.63, 3.8) is 0 Å². The third kappa shape index (κ3) is 2.65. The highest BCUT2D eigenvalue weighted by molar-refractivity contribution is 5.89. The molecule has 2 aromatic rings. The summed E-state index contributed by atoms with van der Waals surface area (Å²) in [6.07, 6.45) is 1.08. The van der Waals surface area contributed by atoms with Crippen LogP contribution in [0.5, 0.6) is 5.75 Å². The molecule has 0 radical (unpaired) electrons. The summed E-state index contributed by atoms with van der Waals surface area (Å²) in [4.78, 5) is 0. The van der Waals surface area contributed by atoms with Gasteiger partial charge in [0.1, 0.15) is 5.75 Å². The van der Waals surface area contributed by atoms with Crippen LogP contribution < -0.4 is 10.5 Å². The summed E-state index contributed by atoms with van der Waals surface area (Å²) >= 11 is 0. The summed E-state index contributed by atoms with van der Waals surface area (Å²) in [5.74, 6) is 1.43. The molecule has 0 bridgehead atoms. The molecule has 2 N–H and O–H groups in total. The van der Waals surface area contributed by atoms with Crippen LogP contribution in [-0.2, 0) is 4.74 Å². The zero-order chi connectivity index (χ0) is 13.9. The zero-order valence-corrected chi connectivity index (χ0v) is 11.8. The normalized spacial score (nSPS) is 20.2. The molecule has 0 saturated carbocycles. The summed E-state index contributed by atoms with van der Waals surface area (Å²) in [5, 5.41) is 2.33. The molecule has 1 fully saturated rings. The van der Waals surface area contributed by atoms with Crippen LogP contribution in [-0.4, -0.2) is 19.8 Å². The molecule has 1 aliphatic heterocycles. The van der Waals surface area contributed by atoms with E-state index in [1.54, 1.807) is 0 Å². The average Bonchev–Trinajstić information content (AvgIpc) is 2.97. The maximum atomic E-state index is 6.14. The molecule has 2 aromatic carbocycles. The van der Waals surface area contributed by atoms with Crippen molar-refractivity contribution in [2.24, 2.45) is 11.7 Å². The molecule has 1 saturated heterocycles. The molecule has 1 heterocycles. The molecule has 2 unspecified atom stereocenters. The second-order valence-electron chi connectivity index (χ2n) is 5.53. The van der Waals surface area contributed by atoms with Crippen LogP contribution in [0.4, 0.5) is 0 Å². The van der Waals surface area contributed by atoms with Gasteiger partial charge in [-0.2, -0.15) is 0 Å². The smallest absolute Gasteiger partial charge is 0.131 e. The van der Waals surface area contributed by atoms with Crippen molar-refractivity contribution in [1.82, 2.24) is 0 Å². The summed E-state index contributed by atoms with van der Waals surface area (Å²) < 4.78 is 11.5. The SMILES string of the molecule is CC(N)c1ccc2ccccc2c1OCC1CCOC1. The quantitative estimate of drug-likeness (QED) is 0.928. The Morgan fingerprint density at radius 2 is 2.15 bits per heavy atom. The van der Waals surface area contributed by atoms with Gasteiger partial charge in [-0.05, 0) is 18.7 Å². The molecule has 1 aliphatic rings. The van der Waals surface area contributed by atoms with E-state index in [2.05, 4.69) is 24.3 Å². The molecule has 0 aromatic heterocycles. The minimum Gasteiger partial charge on any atom is -0.492 e. The first-order valence-corrected chi connectivity index (χ1v) is 7.23. The Balaban J connectivity index is 1.94. The number of nitrogens with two attached hydrogens (primary N) is 1. The van der Waals surface area contributed by atoms with Crippen LogP contribution >= 0.6 is 0 Å². The highest BCUT2D eigenvalue weighted by atomic mass is 16.5. The minimum atomic E-state index is -0.0329. The lowest BCUT2D eigenvalue weighted by Crippen LogP contribution is -2.14. The first kappa shape index (κ1) is 13.4. The van der Waals surface area contributed by atoms with Crippen LogP contribution in [0, 0.1) is 5.92 Å². The molecular formula is C17H21NO2. The van der Waals surface area contributed by atoms with Gasteiger partial charge < -0.3 is 15.2 Å². The van der Waals surface area contributed by atoms with E-state index in [1.807, 2.05) is 19.1 Å². The highest BCUT2D eigenvalue weighted by Crippen LogP contribution is 2.33. The maximum Gasteiger partial charge on any atom is 0.131 e. The van der Waals surface area contributed by atoms with Gasteiger partial charge in [0, 0.05) is 29.5 Å². The van der Waals surface area contributed by atoms with E-state index in [-0.39, 0.29) is 6.04 Å². The van der Waals surface area contributed by atoms with E-state index in [4.69, 9.17) is 15.2 Å². The largest absolute Gasteiger partial charge is 0.492 e. The summed E-state index contributed by atoms with van der Waals surface area (Å²) in [5.41, 5.74) is 7.16. The first-order valence-electron chi connectivity index (χ1n) is 7.23. The van der Waals surface area contributed by atoms with Crippen LogP contribution in [0.25, 0.3) is 10.8 Å². The molecule has 0 amide bonds. The van der Waals surface area contributed by atoms with Gasteiger partial charge in [0.2, 0.25) is 0 Å². The number of rotatable bonds is 4. The fraction of sp³-hybridized carbons (Fsp3) is 0.412. The number of ether oxygens (including phenoxy) is 2. The van der Waals surface area contributed by atoms with Crippen molar-refractivity contribution in [2.45, 2.75) is 19.4 Å². The van der Waals surface area contributed by atoms with Crippen LogP contribution in [0.2, 0.25) is 0 Å². The summed E-state index contributed by atoms with van der Waals surface area (Å²) in [6, 6.07) is 12.4. The monoisotopic (exact) mass is 271 g/mol. The zero-order valence-electron chi connectivity index (χ0n) is 11.8. The van der Waals surface area contributed by atoms with Gasteiger partial charge in [-0.1, -0.05) is 36.4 Å². The van der Waals surface area contributed by atoms with Crippen molar-refractivity contribution < 1.29 is 9.47 Å². The standard InChI is InChI=1S/C17H21NO2/c1-12(18)15-7-6-14-4-2-3-5-16(14)17(15)20-11-13-8-9-19-10-13/h2-7,12-13H,8-11,18H2,1H3. The molecule has 3 heteroatoms. The van der Waals surface area contributed by atoms with E-state index < -0.39 is 0 Å². The third-order valence-electron chi connectivity index (χ3n) is 3.89. The van der Waals surface area contributed by atoms with Crippen molar-refractivity contribution in [3.05, 3.63) is 42.0 Å². The van der Waals surface area contributed by atoms with Gasteiger partial charge in [-0.3, -0.25) is 0 Å². The fourth-order valence-corrected chi connectivity index (χ4v) is 2.70. The number of fused-ring (bicyclic) bond motifs is 1. The van der Waals surface area contributed by atoms with Gasteiger partial charge in [0.05, 0.1) is 13.2 Å². The van der Waals surface area contributed by atoms with Gasteiger partial charge >= 0.3 is 0 Å². The second-order valence-corrected chi connectivity index (χ2v) is 5.53. The molecule has 0 spiro atoms. The van der Waals surface area contributed by atoms with Gasteiger partial charge in [-0.15, -0.1) is 0 Å². The van der Waals surface area contributed by atoms with E-state index in [9.17, 15) is 0 Å². The molecule has 3 nitrogen and oxygen atoms in total. The third-order valence-corrected chi connectivity index (χ3v) is 3.89. The van der Waals surface area contributed by atoms with Crippen LogP contribution in [0.1, 0.15) is 24.9 Å². The van der Waals surface area contributed by atoms with Gasteiger partial charge in [-0.25, -0.2) is 0 Å².